The SMILES string of the molecule is Cl.OCCCNCc1ccc2c(c1)OCO2. The van der Waals surface area contributed by atoms with E-state index in [1.165, 1.54) is 0 Å². The highest BCUT2D eigenvalue weighted by molar-refractivity contribution is 5.85. The second-order valence-electron chi connectivity index (χ2n) is 3.44. The Kier molecular flexibility index (Phi) is 5.38. The van der Waals surface area contributed by atoms with Gasteiger partial charge >= 0.3 is 0 Å². The fourth-order valence-electron chi connectivity index (χ4n) is 1.49. The molecule has 0 amide bonds. The van der Waals surface area contributed by atoms with E-state index in [1.807, 2.05) is 18.2 Å². The van der Waals surface area contributed by atoms with Crippen LogP contribution in [0.5, 0.6) is 11.5 Å². The zero-order valence-electron chi connectivity index (χ0n) is 8.94. The number of hydrogen-bond acceptors (Lipinski definition) is 4. The molecule has 1 aliphatic heterocycles. The molecule has 0 saturated carbocycles. The normalized spacial score (nSPS) is 12.3. The highest BCUT2D eigenvalue weighted by Gasteiger charge is 2.12. The van der Waals surface area contributed by atoms with Crippen molar-refractivity contribution in [2.45, 2.75) is 13.0 Å². The van der Waals surface area contributed by atoms with E-state index in [9.17, 15) is 0 Å². The second kappa shape index (κ2) is 6.58. The standard InChI is InChI=1S/C11H15NO3.ClH/c13-5-1-4-12-7-9-2-3-10-11(6-9)15-8-14-10;/h2-3,6,12-13H,1,4-5,7-8H2;1H. The first-order valence-corrected chi connectivity index (χ1v) is 5.10. The molecule has 1 aromatic carbocycles. The van der Waals surface area contributed by atoms with Gasteiger partial charge in [-0.25, -0.2) is 0 Å². The fourth-order valence-corrected chi connectivity index (χ4v) is 1.49. The first-order chi connectivity index (χ1) is 7.40. The van der Waals surface area contributed by atoms with E-state index in [4.69, 9.17) is 14.6 Å². The van der Waals surface area contributed by atoms with E-state index in [0.717, 1.165) is 36.6 Å². The van der Waals surface area contributed by atoms with Crippen LogP contribution in [0.25, 0.3) is 0 Å². The smallest absolute Gasteiger partial charge is 0.231 e. The Morgan fingerprint density at radius 1 is 1.25 bits per heavy atom. The first kappa shape index (κ1) is 13.1. The maximum Gasteiger partial charge on any atom is 0.231 e. The highest BCUT2D eigenvalue weighted by Crippen LogP contribution is 2.32. The molecule has 90 valence electrons. The highest BCUT2D eigenvalue weighted by atomic mass is 35.5. The summed E-state index contributed by atoms with van der Waals surface area (Å²) in [6.07, 6.45) is 0.782. The number of aliphatic hydroxyl groups is 1. The van der Waals surface area contributed by atoms with E-state index in [-0.39, 0.29) is 19.0 Å². The minimum atomic E-state index is 0. The number of hydrogen-bond donors (Lipinski definition) is 2. The number of halogens is 1. The zero-order valence-corrected chi connectivity index (χ0v) is 9.76. The number of fused-ring (bicyclic) bond motifs is 1. The molecule has 0 saturated heterocycles. The van der Waals surface area contributed by atoms with Gasteiger partial charge in [-0.05, 0) is 30.7 Å². The third-order valence-corrected chi connectivity index (χ3v) is 2.28. The van der Waals surface area contributed by atoms with Crippen molar-refractivity contribution in [2.24, 2.45) is 0 Å². The molecule has 0 spiro atoms. The van der Waals surface area contributed by atoms with Crippen molar-refractivity contribution >= 4 is 12.4 Å². The Balaban J connectivity index is 0.00000128. The van der Waals surface area contributed by atoms with Crippen molar-refractivity contribution < 1.29 is 14.6 Å². The van der Waals surface area contributed by atoms with E-state index < -0.39 is 0 Å². The molecule has 1 aliphatic rings. The Hall–Kier alpha value is -0.970. The van der Waals surface area contributed by atoms with E-state index in [0.29, 0.717) is 6.79 Å². The van der Waals surface area contributed by atoms with Crippen LogP contribution in [0.1, 0.15) is 12.0 Å². The number of ether oxygens (including phenoxy) is 2. The molecule has 2 rings (SSSR count). The number of rotatable bonds is 5. The van der Waals surface area contributed by atoms with Crippen molar-refractivity contribution in [1.29, 1.82) is 0 Å². The number of nitrogens with one attached hydrogen (secondary N) is 1. The lowest BCUT2D eigenvalue weighted by Crippen LogP contribution is -2.15. The molecule has 0 unspecified atom stereocenters. The van der Waals surface area contributed by atoms with Gasteiger partial charge in [0.2, 0.25) is 6.79 Å². The molecule has 5 heteroatoms. The van der Waals surface area contributed by atoms with Gasteiger partial charge in [0.05, 0.1) is 0 Å². The summed E-state index contributed by atoms with van der Waals surface area (Å²) in [6.45, 7) is 2.16. The molecule has 0 fully saturated rings. The Morgan fingerprint density at radius 2 is 2.06 bits per heavy atom. The molecule has 1 aromatic rings. The Morgan fingerprint density at radius 3 is 2.88 bits per heavy atom. The lowest BCUT2D eigenvalue weighted by molar-refractivity contribution is 0.174. The molecule has 1 heterocycles. The van der Waals surface area contributed by atoms with Gasteiger partial charge in [0, 0.05) is 13.2 Å². The summed E-state index contributed by atoms with van der Waals surface area (Å²) in [5.74, 6) is 1.63. The maximum atomic E-state index is 8.61. The second-order valence-corrected chi connectivity index (χ2v) is 3.44. The minimum absolute atomic E-state index is 0. The molecular weight excluding hydrogens is 230 g/mol. The zero-order chi connectivity index (χ0) is 10.5. The van der Waals surface area contributed by atoms with E-state index in [1.54, 1.807) is 0 Å². The van der Waals surface area contributed by atoms with Crippen LogP contribution >= 0.6 is 12.4 Å². The van der Waals surface area contributed by atoms with Crippen molar-refractivity contribution in [3.8, 4) is 11.5 Å². The average Bonchev–Trinajstić information content (AvgIpc) is 2.71. The van der Waals surface area contributed by atoms with Gasteiger partial charge in [-0.3, -0.25) is 0 Å². The van der Waals surface area contributed by atoms with Crippen molar-refractivity contribution in [3.05, 3.63) is 23.8 Å². The molecule has 0 aliphatic carbocycles. The molecule has 2 N–H and O–H groups in total. The molecule has 0 radical (unpaired) electrons. The van der Waals surface area contributed by atoms with Crippen LogP contribution in [0.2, 0.25) is 0 Å². The largest absolute Gasteiger partial charge is 0.454 e. The van der Waals surface area contributed by atoms with Crippen LogP contribution in [0.4, 0.5) is 0 Å². The topological polar surface area (TPSA) is 50.7 Å². The number of aliphatic hydroxyl groups excluding tert-OH is 1. The summed E-state index contributed by atoms with van der Waals surface area (Å²) in [4.78, 5) is 0. The van der Waals surface area contributed by atoms with Crippen LogP contribution in [0.3, 0.4) is 0 Å². The van der Waals surface area contributed by atoms with E-state index >= 15 is 0 Å². The summed E-state index contributed by atoms with van der Waals surface area (Å²) in [7, 11) is 0. The van der Waals surface area contributed by atoms with Crippen LogP contribution in [0.15, 0.2) is 18.2 Å². The molecule has 0 bridgehead atoms. The van der Waals surface area contributed by atoms with Crippen LogP contribution in [-0.4, -0.2) is 25.1 Å². The van der Waals surface area contributed by atoms with Crippen LogP contribution in [-0.2, 0) is 6.54 Å². The Bertz CT molecular complexity index is 333. The Labute approximate surface area is 101 Å². The summed E-state index contributed by atoms with van der Waals surface area (Å²) in [6, 6.07) is 5.92. The van der Waals surface area contributed by atoms with Gasteiger partial charge in [0.1, 0.15) is 0 Å². The van der Waals surface area contributed by atoms with Crippen LogP contribution < -0.4 is 14.8 Å². The molecule has 4 nitrogen and oxygen atoms in total. The van der Waals surface area contributed by atoms with Crippen molar-refractivity contribution in [1.82, 2.24) is 5.32 Å². The quantitative estimate of drug-likeness (QED) is 0.768. The van der Waals surface area contributed by atoms with Crippen LogP contribution in [0, 0.1) is 0 Å². The molecule has 16 heavy (non-hydrogen) atoms. The van der Waals surface area contributed by atoms with Gasteiger partial charge in [-0.1, -0.05) is 6.07 Å². The summed E-state index contributed by atoms with van der Waals surface area (Å²) < 4.78 is 10.5. The first-order valence-electron chi connectivity index (χ1n) is 5.10. The van der Waals surface area contributed by atoms with Gasteiger partial charge in [-0.2, -0.15) is 0 Å². The van der Waals surface area contributed by atoms with E-state index in [2.05, 4.69) is 5.32 Å². The molecular formula is C11H16ClNO3. The predicted molar refractivity (Wildman–Crippen MR) is 63.2 cm³/mol. The average molecular weight is 246 g/mol. The number of benzene rings is 1. The lowest BCUT2D eigenvalue weighted by atomic mass is 10.2. The van der Waals surface area contributed by atoms with Gasteiger partial charge in [-0.15, -0.1) is 12.4 Å². The molecule has 0 atom stereocenters. The van der Waals surface area contributed by atoms with Gasteiger partial charge in [0.25, 0.3) is 0 Å². The maximum absolute atomic E-state index is 8.61. The predicted octanol–water partition coefficient (Wildman–Crippen LogP) is 1.31. The van der Waals surface area contributed by atoms with Crippen molar-refractivity contribution in [2.75, 3.05) is 19.9 Å². The summed E-state index contributed by atoms with van der Waals surface area (Å²) >= 11 is 0. The molecule has 0 aromatic heterocycles. The minimum Gasteiger partial charge on any atom is -0.454 e. The van der Waals surface area contributed by atoms with Gasteiger partial charge in [0.15, 0.2) is 11.5 Å². The summed E-state index contributed by atoms with van der Waals surface area (Å²) in [5.41, 5.74) is 1.16. The third-order valence-electron chi connectivity index (χ3n) is 2.28. The van der Waals surface area contributed by atoms with Crippen molar-refractivity contribution in [3.63, 3.8) is 0 Å². The summed E-state index contributed by atoms with van der Waals surface area (Å²) in [5, 5.41) is 11.9. The third kappa shape index (κ3) is 3.27. The lowest BCUT2D eigenvalue weighted by Gasteiger charge is -2.04. The van der Waals surface area contributed by atoms with Gasteiger partial charge < -0.3 is 19.9 Å². The fraction of sp³-hybridized carbons (Fsp3) is 0.455. The monoisotopic (exact) mass is 245 g/mol.